The van der Waals surface area contributed by atoms with Crippen molar-refractivity contribution in [1.82, 2.24) is 0 Å². The molecule has 0 aromatic rings. The van der Waals surface area contributed by atoms with E-state index in [9.17, 15) is 4.57 Å². The van der Waals surface area contributed by atoms with Crippen molar-refractivity contribution in [3.63, 3.8) is 0 Å². The van der Waals surface area contributed by atoms with Crippen molar-refractivity contribution < 1.29 is 13.6 Å². The first kappa shape index (κ1) is 17.4. The predicted molar refractivity (Wildman–Crippen MR) is 81.6 cm³/mol. The summed E-state index contributed by atoms with van der Waals surface area (Å²) in [6.07, 6.45) is 4.76. The van der Waals surface area contributed by atoms with Crippen LogP contribution in [0.1, 0.15) is 40.0 Å². The Morgan fingerprint density at radius 2 is 1.82 bits per heavy atom. The van der Waals surface area contributed by atoms with E-state index in [-0.39, 0.29) is 0 Å². The summed E-state index contributed by atoms with van der Waals surface area (Å²) in [4.78, 5) is 0. The molecule has 0 heterocycles. The molecular weight excluding hydrogens is 350 g/mol. The monoisotopic (exact) mass is 372 g/mol. The highest BCUT2D eigenvalue weighted by Crippen LogP contribution is 2.60. The zero-order valence-corrected chi connectivity index (χ0v) is 13.9. The summed E-state index contributed by atoms with van der Waals surface area (Å²) >= 11 is 2.06. The van der Waals surface area contributed by atoms with Crippen LogP contribution in [0.3, 0.4) is 0 Å². The molecule has 100 valence electrons. The lowest BCUT2D eigenvalue weighted by Gasteiger charge is -2.18. The summed E-state index contributed by atoms with van der Waals surface area (Å²) < 4.78 is 23.8. The molecule has 3 nitrogen and oxygen atoms in total. The first-order chi connectivity index (χ1) is 8.05. The molecule has 0 radical (unpaired) electrons. The van der Waals surface area contributed by atoms with Crippen LogP contribution in [0.5, 0.6) is 0 Å². The molecule has 0 N–H and O–H groups in total. The van der Waals surface area contributed by atoms with Crippen LogP contribution in [0.15, 0.2) is 21.5 Å². The molecule has 0 spiro atoms. The maximum absolute atomic E-state index is 12.5. The lowest BCUT2D eigenvalue weighted by molar-refractivity contribution is 0.228. The molecular formula is C12H22IO3P. The first-order valence-electron chi connectivity index (χ1n) is 5.96. The van der Waals surface area contributed by atoms with E-state index in [4.69, 9.17) is 9.05 Å². The molecule has 0 saturated heterocycles. The van der Waals surface area contributed by atoms with Crippen molar-refractivity contribution in [2.45, 2.75) is 40.0 Å². The Labute approximate surface area is 118 Å². The second kappa shape index (κ2) is 9.31. The summed E-state index contributed by atoms with van der Waals surface area (Å²) in [6.45, 7) is 10.3. The highest BCUT2D eigenvalue weighted by atomic mass is 127. The van der Waals surface area contributed by atoms with Crippen molar-refractivity contribution in [1.29, 1.82) is 0 Å². The summed E-state index contributed by atoms with van der Waals surface area (Å²) in [5, 5.41) is 0. The second-order valence-electron chi connectivity index (χ2n) is 3.46. The third-order valence-electron chi connectivity index (χ3n) is 2.15. The van der Waals surface area contributed by atoms with Crippen LogP contribution >= 0.6 is 30.2 Å². The van der Waals surface area contributed by atoms with Crippen molar-refractivity contribution in [3.8, 4) is 0 Å². The van der Waals surface area contributed by atoms with Gasteiger partial charge >= 0.3 is 7.60 Å². The van der Waals surface area contributed by atoms with E-state index in [1.807, 2.05) is 13.8 Å². The minimum absolute atomic E-state index is 0.377. The number of unbranched alkanes of at least 4 members (excludes halogenated alkanes) is 1. The van der Waals surface area contributed by atoms with E-state index < -0.39 is 7.60 Å². The number of halogens is 1. The third-order valence-corrected chi connectivity index (χ3v) is 6.58. The molecule has 0 bridgehead atoms. The molecule has 0 aliphatic rings. The van der Waals surface area contributed by atoms with Crippen LogP contribution in [0, 0.1) is 0 Å². The van der Waals surface area contributed by atoms with Gasteiger partial charge in [0.05, 0.1) is 13.2 Å². The van der Waals surface area contributed by atoms with Gasteiger partial charge in [-0.3, -0.25) is 4.57 Å². The van der Waals surface area contributed by atoms with Crippen LogP contribution in [0.2, 0.25) is 0 Å². The SMILES string of the molecule is C=C/C(CCCC)=C(\I)P(=O)(OCC)OCC. The number of rotatable bonds is 9. The Kier molecular flexibility index (Phi) is 9.51. The average Bonchev–Trinajstić information content (AvgIpc) is 2.30. The molecule has 0 fully saturated rings. The van der Waals surface area contributed by atoms with Crippen LogP contribution in [0.25, 0.3) is 0 Å². The van der Waals surface area contributed by atoms with E-state index in [0.717, 1.165) is 24.8 Å². The van der Waals surface area contributed by atoms with Gasteiger partial charge in [0, 0.05) is 0 Å². The van der Waals surface area contributed by atoms with Crippen molar-refractivity contribution >= 4 is 30.2 Å². The van der Waals surface area contributed by atoms with Crippen LogP contribution in [-0.2, 0) is 13.6 Å². The van der Waals surface area contributed by atoms with E-state index in [1.165, 1.54) is 0 Å². The average molecular weight is 372 g/mol. The topological polar surface area (TPSA) is 35.5 Å². The first-order valence-corrected chi connectivity index (χ1v) is 8.58. The quantitative estimate of drug-likeness (QED) is 0.314. The lowest BCUT2D eigenvalue weighted by Crippen LogP contribution is -1.97. The van der Waals surface area contributed by atoms with E-state index in [1.54, 1.807) is 6.08 Å². The van der Waals surface area contributed by atoms with Gasteiger partial charge in [-0.05, 0) is 54.9 Å². The van der Waals surface area contributed by atoms with Crippen molar-refractivity contribution in [2.24, 2.45) is 0 Å². The molecule has 17 heavy (non-hydrogen) atoms. The fraction of sp³-hybridized carbons (Fsp3) is 0.667. The van der Waals surface area contributed by atoms with Crippen LogP contribution in [0.4, 0.5) is 0 Å². The fourth-order valence-corrected chi connectivity index (χ4v) is 4.18. The molecule has 0 aromatic heterocycles. The summed E-state index contributed by atoms with van der Waals surface area (Å²) in [7, 11) is -3.13. The molecule has 0 aliphatic carbocycles. The van der Waals surface area contributed by atoms with Gasteiger partial charge in [0.1, 0.15) is 3.32 Å². The predicted octanol–water partition coefficient (Wildman–Crippen LogP) is 5.28. The minimum atomic E-state index is -3.13. The minimum Gasteiger partial charge on any atom is -0.305 e. The number of allylic oxidation sites excluding steroid dienone is 2. The standard InChI is InChI=1S/C12H22IO3P/c1-5-9-10-11(6-2)12(13)17(14,15-7-3)16-8-4/h6H,2,5,7-10H2,1,3-4H3/b12-11-. The fourth-order valence-electron chi connectivity index (χ4n) is 1.32. The summed E-state index contributed by atoms with van der Waals surface area (Å²) in [5.74, 6) is 0. The number of hydrogen-bond acceptors (Lipinski definition) is 3. The highest BCUT2D eigenvalue weighted by Gasteiger charge is 2.29. The maximum atomic E-state index is 12.5. The van der Waals surface area contributed by atoms with E-state index in [0.29, 0.717) is 16.5 Å². The van der Waals surface area contributed by atoms with Gasteiger partial charge in [0.2, 0.25) is 0 Å². The lowest BCUT2D eigenvalue weighted by atomic mass is 10.1. The van der Waals surface area contributed by atoms with Gasteiger partial charge in [-0.25, -0.2) is 0 Å². The normalized spacial score (nSPS) is 13.4. The molecule has 5 heteroatoms. The zero-order valence-electron chi connectivity index (χ0n) is 10.9. The van der Waals surface area contributed by atoms with Gasteiger partial charge in [0.15, 0.2) is 0 Å². The van der Waals surface area contributed by atoms with Gasteiger partial charge in [-0.15, -0.1) is 0 Å². The molecule has 0 amide bonds. The molecule has 0 aliphatic heterocycles. The Morgan fingerprint density at radius 3 is 2.18 bits per heavy atom. The van der Waals surface area contributed by atoms with Gasteiger partial charge in [-0.1, -0.05) is 26.0 Å². The molecule has 0 unspecified atom stereocenters. The molecule has 0 aromatic carbocycles. The van der Waals surface area contributed by atoms with Crippen LogP contribution < -0.4 is 0 Å². The Morgan fingerprint density at radius 1 is 1.29 bits per heavy atom. The van der Waals surface area contributed by atoms with Crippen molar-refractivity contribution in [2.75, 3.05) is 13.2 Å². The van der Waals surface area contributed by atoms with Gasteiger partial charge in [0.25, 0.3) is 0 Å². The third kappa shape index (κ3) is 5.69. The smallest absolute Gasteiger partial charge is 0.305 e. The summed E-state index contributed by atoms with van der Waals surface area (Å²) in [5.41, 5.74) is 0.970. The maximum Gasteiger partial charge on any atom is 0.367 e. The van der Waals surface area contributed by atoms with Crippen LogP contribution in [-0.4, -0.2) is 13.2 Å². The largest absolute Gasteiger partial charge is 0.367 e. The van der Waals surface area contributed by atoms with Gasteiger partial charge in [-0.2, -0.15) is 0 Å². The van der Waals surface area contributed by atoms with Gasteiger partial charge < -0.3 is 9.05 Å². The zero-order chi connectivity index (χ0) is 13.3. The second-order valence-corrected chi connectivity index (χ2v) is 7.35. The highest BCUT2D eigenvalue weighted by molar-refractivity contribution is 14.1. The Hall–Kier alpha value is 0.360. The van der Waals surface area contributed by atoms with E-state index >= 15 is 0 Å². The molecule has 0 saturated carbocycles. The van der Waals surface area contributed by atoms with E-state index in [2.05, 4.69) is 36.1 Å². The van der Waals surface area contributed by atoms with Crippen molar-refractivity contribution in [3.05, 3.63) is 21.5 Å². The summed E-state index contributed by atoms with van der Waals surface area (Å²) in [6, 6.07) is 0. The molecule has 0 rings (SSSR count). The Bertz CT molecular complexity index is 303. The molecule has 0 atom stereocenters. The Balaban J connectivity index is 5.11. The number of hydrogen-bond donors (Lipinski definition) is 0.